The monoisotopic (exact) mass is 1170 g/mol. The van der Waals surface area contributed by atoms with Crippen molar-refractivity contribution in [1.29, 1.82) is 0 Å². The average molecular weight is 1170 g/mol. The van der Waals surface area contributed by atoms with Gasteiger partial charge in [-0.05, 0) is 0 Å². The molecule has 0 aromatic heterocycles. The van der Waals surface area contributed by atoms with Crippen LogP contribution in [0.3, 0.4) is 0 Å². The molecule has 0 aliphatic carbocycles. The molecule has 0 amide bonds. The molecule has 0 bridgehead atoms. The van der Waals surface area contributed by atoms with Crippen LogP contribution in [0.5, 0.6) is 0 Å². The molecule has 0 atom stereocenters. The zero-order chi connectivity index (χ0) is 55.0. The van der Waals surface area contributed by atoms with Crippen molar-refractivity contribution in [3.05, 3.63) is 36.5 Å². The minimum Gasteiger partial charge on any atom is -0.0654 e. The van der Waals surface area contributed by atoms with Crippen molar-refractivity contribution in [1.82, 2.24) is 0 Å². The fraction of sp³-hybridized carbons (Fsp3) is 0.806. The van der Waals surface area contributed by atoms with Crippen LogP contribution in [-0.2, 0) is 52.2 Å². The van der Waals surface area contributed by atoms with Gasteiger partial charge in [0.15, 0.2) is 0 Å². The van der Waals surface area contributed by atoms with Gasteiger partial charge in [0.1, 0.15) is 0 Å². The number of hydrogen-bond donors (Lipinski definition) is 0. The van der Waals surface area contributed by atoms with Crippen molar-refractivity contribution in [3.63, 3.8) is 0 Å². The van der Waals surface area contributed by atoms with Gasteiger partial charge in [-0.3, -0.25) is 0 Å². The second kappa shape index (κ2) is 55.6. The summed E-state index contributed by atoms with van der Waals surface area (Å²) in [5.41, 5.74) is 0. The Balaban J connectivity index is 5.56. The predicted molar refractivity (Wildman–Crippen MR) is 306 cm³/mol. The Hall–Kier alpha value is -3.16. The third kappa shape index (κ3) is 51.4. The molecule has 0 unspecified atom stereocenters. The van der Waals surface area contributed by atoms with E-state index >= 15 is 0 Å². The van der Waals surface area contributed by atoms with E-state index < -0.39 is 55.4 Å². The first kappa shape index (κ1) is 71.8. The molecule has 12 nitrogen and oxygen atoms in total. The van der Waals surface area contributed by atoms with E-state index in [1.54, 1.807) is 0 Å². The number of unbranched alkanes of at least 4 members (excludes halogenated alkanes) is 38. The molecule has 0 spiro atoms. The molecule has 0 rings (SSSR count). The summed E-state index contributed by atoms with van der Waals surface area (Å²) in [5, 5.41) is 0. The van der Waals surface area contributed by atoms with Crippen molar-refractivity contribution in [2.24, 2.45) is 0 Å². The van der Waals surface area contributed by atoms with Crippen molar-refractivity contribution in [3.8, 4) is 0 Å². The van der Waals surface area contributed by atoms with E-state index in [-0.39, 0.29) is 24.3 Å². The molecular weight excluding hydrogens is 1060 g/mol. The van der Waals surface area contributed by atoms with Crippen LogP contribution in [0.2, 0.25) is 4.44 Å². The van der Waals surface area contributed by atoms with Gasteiger partial charge in [0.25, 0.3) is 0 Å². The zero-order valence-corrected chi connectivity index (χ0v) is 51.2. The molecule has 0 saturated heterocycles. The van der Waals surface area contributed by atoms with Crippen LogP contribution < -0.4 is 0 Å². The van der Waals surface area contributed by atoms with Gasteiger partial charge in [0.2, 0.25) is 0 Å². The van der Waals surface area contributed by atoms with Gasteiger partial charge in [-0.2, -0.15) is 0 Å². The van der Waals surface area contributed by atoms with Gasteiger partial charge in [-0.1, -0.05) is 156 Å². The summed E-state index contributed by atoms with van der Waals surface area (Å²) in [6.07, 6.45) is 52.7. The fourth-order valence-electron chi connectivity index (χ4n) is 8.80. The first-order chi connectivity index (χ1) is 36.6. The Morgan fingerprint density at radius 1 is 0.240 bits per heavy atom. The van der Waals surface area contributed by atoms with Gasteiger partial charge in [-0.15, -0.1) is 0 Å². The van der Waals surface area contributed by atoms with E-state index in [1.165, 1.54) is 154 Å². The third-order valence-electron chi connectivity index (χ3n) is 13.4. The van der Waals surface area contributed by atoms with Crippen molar-refractivity contribution >= 4 is 55.4 Å². The van der Waals surface area contributed by atoms with Crippen molar-refractivity contribution in [2.75, 3.05) is 19.8 Å². The molecule has 75 heavy (non-hydrogen) atoms. The molecule has 0 radical (unpaired) electrons. The summed E-state index contributed by atoms with van der Waals surface area (Å²) < 4.78 is 33.3. The first-order valence-corrected chi connectivity index (χ1v) is 36.4. The molecular formula is C62H110O12Sn. The van der Waals surface area contributed by atoms with Gasteiger partial charge in [-0.25, -0.2) is 0 Å². The summed E-state index contributed by atoms with van der Waals surface area (Å²) in [4.78, 5) is 78.0. The average Bonchev–Trinajstić information content (AvgIpc) is 3.39. The number of ether oxygens (including phenoxy) is 3. The standard InChI is InChI=1S/3C18H32O4.C8H17.Sn/c3*1-2-3-4-5-6-7-8-9-10-11-12-13-16-22-18(21)15-14-17(19)20;1-3-5-7-8-6-4-2;/h3*14-15H,2-13,16H2,1H3,(H,19,20);1,3-8H2,2H3;/q;;;;+3/p-3. The predicted octanol–water partition coefficient (Wildman–Crippen LogP) is 17.3. The van der Waals surface area contributed by atoms with E-state index in [0.29, 0.717) is 32.1 Å². The number of carbonyl (C=O) groups excluding carboxylic acids is 6. The topological polar surface area (TPSA) is 158 Å². The fourth-order valence-corrected chi connectivity index (χ4v) is 15.2. The van der Waals surface area contributed by atoms with E-state index in [9.17, 15) is 28.8 Å². The molecule has 0 aromatic rings. The van der Waals surface area contributed by atoms with E-state index in [1.807, 2.05) is 0 Å². The minimum absolute atomic E-state index is 0.0598. The van der Waals surface area contributed by atoms with Crippen molar-refractivity contribution in [2.45, 2.75) is 302 Å². The van der Waals surface area contributed by atoms with Gasteiger partial charge < -0.3 is 0 Å². The Kier molecular flexibility index (Phi) is 53.2. The minimum atomic E-state index is -5.63. The van der Waals surface area contributed by atoms with Gasteiger partial charge in [0, 0.05) is 0 Å². The number of carbonyl (C=O) groups is 6. The second-order valence-corrected chi connectivity index (χ2v) is 27.7. The van der Waals surface area contributed by atoms with Gasteiger partial charge >= 0.3 is 310 Å². The molecule has 0 aromatic carbocycles. The molecule has 434 valence electrons. The number of esters is 3. The molecule has 0 heterocycles. The smallest absolute Gasteiger partial charge is 0.0654 e. The molecule has 0 aliphatic rings. The first-order valence-electron chi connectivity index (χ1n) is 30.8. The Labute approximate surface area is 463 Å². The van der Waals surface area contributed by atoms with Crippen LogP contribution in [0.1, 0.15) is 297 Å². The molecule has 0 aliphatic heterocycles. The van der Waals surface area contributed by atoms with Crippen LogP contribution in [0.15, 0.2) is 36.5 Å². The maximum atomic E-state index is 13.4. The van der Waals surface area contributed by atoms with Crippen molar-refractivity contribution < 1.29 is 52.2 Å². The Bertz CT molecular complexity index is 1330. The van der Waals surface area contributed by atoms with E-state index in [2.05, 4.69) is 27.7 Å². The summed E-state index contributed by atoms with van der Waals surface area (Å²) in [5.74, 6) is -5.40. The SMILES string of the molecule is CCCCCCCCCCCCCCOC(=O)C=CC(=O)[O][Sn]([CH2]CCCCCCC)([O]C(=O)C=CC(=O)OCCCCCCCCCCCCCC)[O]C(=O)C=CC(=O)OCCCCCCCCCCCCCC. The number of hydrogen-bond acceptors (Lipinski definition) is 12. The molecule has 13 heteroatoms. The van der Waals surface area contributed by atoms with Crippen LogP contribution in [-0.4, -0.2) is 75.3 Å². The van der Waals surface area contributed by atoms with Gasteiger partial charge in [0.05, 0.1) is 0 Å². The normalized spacial score (nSPS) is 12.3. The zero-order valence-electron chi connectivity index (χ0n) is 48.4. The maximum absolute atomic E-state index is 13.4. The van der Waals surface area contributed by atoms with E-state index in [0.717, 1.165) is 120 Å². The number of rotatable bonds is 55. The van der Waals surface area contributed by atoms with Crippen LogP contribution in [0, 0.1) is 0 Å². The quantitative estimate of drug-likeness (QED) is 0.0187. The van der Waals surface area contributed by atoms with E-state index in [4.69, 9.17) is 23.4 Å². The van der Waals surface area contributed by atoms with Crippen LogP contribution in [0.25, 0.3) is 0 Å². The third-order valence-corrected chi connectivity index (χ3v) is 20.5. The molecule has 0 N–H and O–H groups in total. The summed E-state index contributed by atoms with van der Waals surface area (Å²) in [6, 6.07) is 0. The van der Waals surface area contributed by atoms with Crippen LogP contribution >= 0.6 is 0 Å². The molecule has 0 saturated carbocycles. The van der Waals surface area contributed by atoms with Crippen LogP contribution in [0.4, 0.5) is 0 Å². The molecule has 0 fully saturated rings. The summed E-state index contributed by atoms with van der Waals surface area (Å²) >= 11 is -5.63. The Morgan fingerprint density at radius 3 is 0.627 bits per heavy atom. The summed E-state index contributed by atoms with van der Waals surface area (Å²) in [7, 11) is 0. The Morgan fingerprint density at radius 2 is 0.413 bits per heavy atom. The second-order valence-electron chi connectivity index (χ2n) is 20.6. The summed E-state index contributed by atoms with van der Waals surface area (Å²) in [6.45, 7) is 9.41.